The third-order valence-corrected chi connectivity index (χ3v) is 6.54. The summed E-state index contributed by atoms with van der Waals surface area (Å²) in [6.07, 6.45) is 1.12. The Hall–Kier alpha value is -3.43. The summed E-state index contributed by atoms with van der Waals surface area (Å²) in [5, 5.41) is 11.2. The number of hydrogen-bond acceptors (Lipinski definition) is 7. The smallest absolute Gasteiger partial charge is 0.340 e. The van der Waals surface area contributed by atoms with Crippen molar-refractivity contribution in [3.8, 4) is 11.4 Å². The van der Waals surface area contributed by atoms with E-state index in [2.05, 4.69) is 4.74 Å². The van der Waals surface area contributed by atoms with Crippen LogP contribution in [0, 0.1) is 12.7 Å². The van der Waals surface area contributed by atoms with Crippen molar-refractivity contribution in [3.63, 3.8) is 0 Å². The SMILES string of the molecule is C=O.CC.COC.Cc1c(F)cc2nc3c(c4c2c1CCC4)Cn1c-3cc2c(c1=O)COC(=O)C2O. The summed E-state index contributed by atoms with van der Waals surface area (Å²) in [7, 11) is 3.25. The molecule has 0 saturated heterocycles. The highest BCUT2D eigenvalue weighted by Crippen LogP contribution is 2.41. The number of aliphatic hydroxyl groups excluding tert-OH is 1. The summed E-state index contributed by atoms with van der Waals surface area (Å²) in [6, 6.07) is 3.13. The Morgan fingerprint density at radius 2 is 1.75 bits per heavy atom. The summed E-state index contributed by atoms with van der Waals surface area (Å²) in [5.74, 6) is -1.03. The molecular weight excluding hydrogens is 467 g/mol. The molecule has 2 aliphatic heterocycles. The molecule has 0 saturated carbocycles. The quantitative estimate of drug-likeness (QED) is 0.370. The van der Waals surface area contributed by atoms with Crippen molar-refractivity contribution in [2.75, 3.05) is 14.2 Å². The van der Waals surface area contributed by atoms with E-state index in [1.54, 1.807) is 31.8 Å². The molecule has 1 N–H and O–H groups in total. The average molecular weight is 499 g/mol. The zero-order valence-electron chi connectivity index (χ0n) is 21.2. The van der Waals surface area contributed by atoms with E-state index in [1.165, 1.54) is 6.07 Å². The minimum Gasteiger partial charge on any atom is -0.458 e. The van der Waals surface area contributed by atoms with E-state index in [-0.39, 0.29) is 23.5 Å². The lowest BCUT2D eigenvalue weighted by Crippen LogP contribution is -2.32. The first-order valence-corrected chi connectivity index (χ1v) is 11.8. The lowest BCUT2D eigenvalue weighted by Gasteiger charge is -2.22. The molecule has 3 aliphatic rings. The molecular formula is C27H31FN2O6. The summed E-state index contributed by atoms with van der Waals surface area (Å²) in [5.41, 5.74) is 5.86. The van der Waals surface area contributed by atoms with Gasteiger partial charge in [0.2, 0.25) is 0 Å². The summed E-state index contributed by atoms with van der Waals surface area (Å²) in [4.78, 5) is 37.6. The maximum absolute atomic E-state index is 14.5. The van der Waals surface area contributed by atoms with Gasteiger partial charge in [0.05, 0.1) is 29.0 Å². The highest BCUT2D eigenvalue weighted by Gasteiger charge is 2.35. The molecule has 3 aromatic rings. The monoisotopic (exact) mass is 498 g/mol. The van der Waals surface area contributed by atoms with Gasteiger partial charge in [-0.2, -0.15) is 0 Å². The first-order chi connectivity index (χ1) is 17.4. The molecule has 0 radical (unpaired) electrons. The number of benzene rings is 1. The van der Waals surface area contributed by atoms with Crippen molar-refractivity contribution in [2.24, 2.45) is 0 Å². The molecule has 1 unspecified atom stereocenters. The van der Waals surface area contributed by atoms with Gasteiger partial charge in [-0.3, -0.25) is 4.79 Å². The number of cyclic esters (lactones) is 1. The largest absolute Gasteiger partial charge is 0.458 e. The Labute approximate surface area is 208 Å². The predicted octanol–water partition coefficient (Wildman–Crippen LogP) is 3.56. The summed E-state index contributed by atoms with van der Waals surface area (Å²) >= 11 is 0. The number of nitrogens with zero attached hydrogens (tertiary/aromatic N) is 2. The van der Waals surface area contributed by atoms with Gasteiger partial charge >= 0.3 is 5.97 Å². The van der Waals surface area contributed by atoms with Gasteiger partial charge in [0, 0.05) is 36.8 Å². The molecule has 1 aromatic carbocycles. The fourth-order valence-electron chi connectivity index (χ4n) is 5.06. The number of carbonyl (C=O) groups excluding carboxylic acids is 2. The van der Waals surface area contributed by atoms with Crippen LogP contribution in [0.2, 0.25) is 0 Å². The number of hydrogen-bond donors (Lipinski definition) is 1. The zero-order valence-corrected chi connectivity index (χ0v) is 21.2. The van der Waals surface area contributed by atoms with Gasteiger partial charge in [0.25, 0.3) is 5.56 Å². The molecule has 9 heteroatoms. The van der Waals surface area contributed by atoms with Crippen LogP contribution in [0.3, 0.4) is 0 Å². The van der Waals surface area contributed by atoms with Crippen LogP contribution in [0.15, 0.2) is 16.9 Å². The number of carbonyl (C=O) groups is 2. The topological polar surface area (TPSA) is 108 Å². The maximum Gasteiger partial charge on any atom is 0.340 e. The molecule has 36 heavy (non-hydrogen) atoms. The van der Waals surface area contributed by atoms with E-state index in [9.17, 15) is 19.1 Å². The van der Waals surface area contributed by atoms with Crippen LogP contribution >= 0.6 is 0 Å². The molecule has 1 atom stereocenters. The number of halogens is 1. The van der Waals surface area contributed by atoms with Gasteiger partial charge in [0.15, 0.2) is 6.10 Å². The van der Waals surface area contributed by atoms with Crippen LogP contribution in [-0.4, -0.2) is 41.6 Å². The van der Waals surface area contributed by atoms with Crippen LogP contribution in [-0.2, 0) is 45.1 Å². The highest BCUT2D eigenvalue weighted by atomic mass is 19.1. The Kier molecular flexibility index (Phi) is 8.37. The standard InChI is InChI=1S/C22H17FN2O4.C2H6O.C2H6.CH2O/c1-9-10-3-2-4-11-13-7-25-17(19(13)24-16(18(10)11)6-15(9)23)5-12-14(21(25)27)8-29-22(28)20(12)26;1-3-2;2*1-2/h5-6,20,26H,2-4,7-8H2,1H3;1-2H3;1-2H3;1H2. The predicted molar refractivity (Wildman–Crippen MR) is 133 cm³/mol. The van der Waals surface area contributed by atoms with Crippen molar-refractivity contribution < 1.29 is 28.6 Å². The number of rotatable bonds is 0. The van der Waals surface area contributed by atoms with Gasteiger partial charge in [-0.05, 0) is 48.9 Å². The van der Waals surface area contributed by atoms with Gasteiger partial charge < -0.3 is 23.9 Å². The third kappa shape index (κ3) is 4.22. The number of pyridine rings is 2. The molecule has 0 amide bonds. The van der Waals surface area contributed by atoms with E-state index >= 15 is 0 Å². The molecule has 1 aliphatic carbocycles. The molecule has 192 valence electrons. The fraction of sp³-hybridized carbons (Fsp3) is 0.407. The Morgan fingerprint density at radius 1 is 1.11 bits per heavy atom. The molecule has 8 nitrogen and oxygen atoms in total. The number of esters is 1. The second kappa shape index (κ2) is 11.1. The second-order valence-corrected chi connectivity index (χ2v) is 8.40. The number of fused-ring (bicyclic) bond motifs is 5. The summed E-state index contributed by atoms with van der Waals surface area (Å²) < 4.78 is 25.3. The maximum atomic E-state index is 14.5. The van der Waals surface area contributed by atoms with E-state index in [0.29, 0.717) is 34.6 Å². The fourth-order valence-corrected chi connectivity index (χ4v) is 5.06. The first kappa shape index (κ1) is 27.2. The van der Waals surface area contributed by atoms with Crippen molar-refractivity contribution in [3.05, 3.63) is 61.7 Å². The number of aliphatic hydroxyl groups is 1. The number of aryl methyl sites for hydroxylation is 2. The lowest BCUT2D eigenvalue weighted by molar-refractivity contribution is -0.157. The first-order valence-electron chi connectivity index (χ1n) is 11.8. The van der Waals surface area contributed by atoms with Crippen LogP contribution in [0.4, 0.5) is 4.39 Å². The Bertz CT molecular complexity index is 1380. The molecule has 6 rings (SSSR count). The van der Waals surface area contributed by atoms with Gasteiger partial charge in [-0.15, -0.1) is 0 Å². The highest BCUT2D eigenvalue weighted by molar-refractivity contribution is 5.92. The molecule has 0 bridgehead atoms. The van der Waals surface area contributed by atoms with E-state index < -0.39 is 12.1 Å². The normalized spacial score (nSPS) is 16.1. The molecule has 0 fully saturated rings. The molecule has 4 heterocycles. The van der Waals surface area contributed by atoms with Crippen LogP contribution in [0.1, 0.15) is 59.8 Å². The minimum atomic E-state index is -1.48. The molecule has 0 spiro atoms. The van der Waals surface area contributed by atoms with Crippen LogP contribution in [0.25, 0.3) is 22.3 Å². The number of methoxy groups -OCH3 is 1. The zero-order chi connectivity index (χ0) is 26.7. The van der Waals surface area contributed by atoms with Crippen molar-refractivity contribution >= 4 is 23.7 Å². The van der Waals surface area contributed by atoms with Crippen LogP contribution in [0.5, 0.6) is 0 Å². The van der Waals surface area contributed by atoms with Gasteiger partial charge in [-0.1, -0.05) is 13.8 Å². The second-order valence-electron chi connectivity index (χ2n) is 8.40. The number of ether oxygens (including phenoxy) is 2. The van der Waals surface area contributed by atoms with Crippen molar-refractivity contribution in [1.29, 1.82) is 0 Å². The summed E-state index contributed by atoms with van der Waals surface area (Å²) in [6.45, 7) is 8.05. The van der Waals surface area contributed by atoms with Gasteiger partial charge in [-0.25, -0.2) is 14.2 Å². The van der Waals surface area contributed by atoms with Crippen molar-refractivity contribution in [2.45, 2.75) is 59.3 Å². The van der Waals surface area contributed by atoms with E-state index in [0.717, 1.165) is 41.3 Å². The van der Waals surface area contributed by atoms with E-state index in [4.69, 9.17) is 14.5 Å². The number of aromatic nitrogens is 2. The van der Waals surface area contributed by atoms with Crippen LogP contribution < -0.4 is 5.56 Å². The Morgan fingerprint density at radius 3 is 2.42 bits per heavy atom. The average Bonchev–Trinajstić information content (AvgIpc) is 3.27. The van der Waals surface area contributed by atoms with Gasteiger partial charge in [0.1, 0.15) is 19.2 Å². The van der Waals surface area contributed by atoms with E-state index in [1.807, 2.05) is 20.6 Å². The minimum absolute atomic E-state index is 0.141. The lowest BCUT2D eigenvalue weighted by atomic mass is 9.85. The molecule has 2 aromatic heterocycles. The third-order valence-electron chi connectivity index (χ3n) is 6.54. The Balaban J connectivity index is 0.000000473. The van der Waals surface area contributed by atoms with Crippen molar-refractivity contribution in [1.82, 2.24) is 9.55 Å².